The summed E-state index contributed by atoms with van der Waals surface area (Å²) in [5.74, 6) is -0.0479. The number of rotatable bonds is 5. The van der Waals surface area contributed by atoms with E-state index in [1.807, 2.05) is 32.6 Å². The van der Waals surface area contributed by atoms with E-state index in [1.54, 1.807) is 6.92 Å². The lowest BCUT2D eigenvalue weighted by Crippen LogP contribution is -2.37. The molecule has 0 saturated carbocycles. The zero-order valence-electron chi connectivity index (χ0n) is 24.1. The maximum Gasteiger partial charge on any atom is 0.339 e. The van der Waals surface area contributed by atoms with Gasteiger partial charge in [0.2, 0.25) is 5.96 Å². The first kappa shape index (κ1) is 28.1. The van der Waals surface area contributed by atoms with E-state index in [0.29, 0.717) is 19.0 Å². The van der Waals surface area contributed by atoms with Gasteiger partial charge in [-0.1, -0.05) is 29.8 Å². The number of hydrogen-bond donors (Lipinski definition) is 1. The van der Waals surface area contributed by atoms with Gasteiger partial charge in [0, 0.05) is 29.7 Å². The van der Waals surface area contributed by atoms with E-state index in [9.17, 15) is 9.90 Å². The second-order valence-corrected chi connectivity index (χ2v) is 11.0. The minimum absolute atomic E-state index is 0.0639. The molecule has 1 atom stereocenters. The molecule has 3 aromatic rings. The average molecular weight is 531 g/mol. The number of allylic oxidation sites excluding steroid dienone is 1. The van der Waals surface area contributed by atoms with Gasteiger partial charge in [0.05, 0.1) is 30.1 Å². The molecule has 0 spiro atoms. The Morgan fingerprint density at radius 3 is 2.38 bits per heavy atom. The van der Waals surface area contributed by atoms with E-state index in [-0.39, 0.29) is 5.76 Å². The number of esters is 1. The van der Waals surface area contributed by atoms with Crippen molar-refractivity contribution in [3.05, 3.63) is 64.7 Å². The largest absolute Gasteiger partial charge is 0.511 e. The van der Waals surface area contributed by atoms with Gasteiger partial charge in [0.1, 0.15) is 5.76 Å². The third kappa shape index (κ3) is 5.34. The number of benzene rings is 2. The molecule has 2 aromatic carbocycles. The van der Waals surface area contributed by atoms with Crippen molar-refractivity contribution in [1.29, 1.82) is 0 Å². The van der Waals surface area contributed by atoms with E-state index in [0.717, 1.165) is 50.1 Å². The Hall–Kier alpha value is -3.91. The first-order valence-electron chi connectivity index (χ1n) is 13.0. The number of carbonyl (C=O) groups excluding carboxylic acids is 1. The van der Waals surface area contributed by atoms with Crippen LogP contribution in [0.4, 0.5) is 5.69 Å². The molecule has 0 unspecified atom stereocenters. The van der Waals surface area contributed by atoms with Crippen LogP contribution in [0.5, 0.6) is 0 Å². The summed E-state index contributed by atoms with van der Waals surface area (Å²) < 4.78 is 14.0. The smallest absolute Gasteiger partial charge is 0.339 e. The first-order valence-corrected chi connectivity index (χ1v) is 13.0. The second-order valence-electron chi connectivity index (χ2n) is 11.0. The summed E-state index contributed by atoms with van der Waals surface area (Å²) in [5, 5.41) is 10.8. The van der Waals surface area contributed by atoms with E-state index in [2.05, 4.69) is 65.4 Å². The summed E-state index contributed by atoms with van der Waals surface area (Å²) in [6, 6.07) is 10.5. The van der Waals surface area contributed by atoms with Crippen LogP contribution in [0.25, 0.3) is 22.0 Å². The summed E-state index contributed by atoms with van der Waals surface area (Å²) in [7, 11) is 1.38. The Bertz CT molecular complexity index is 1490. The maximum atomic E-state index is 13.4. The van der Waals surface area contributed by atoms with E-state index >= 15 is 0 Å². The molecule has 1 aromatic heterocycles. The van der Waals surface area contributed by atoms with Gasteiger partial charge in [-0.2, -0.15) is 0 Å². The Morgan fingerprint density at radius 1 is 1.15 bits per heavy atom. The van der Waals surface area contributed by atoms with Crippen LogP contribution in [0.15, 0.2) is 52.3 Å². The zero-order valence-corrected chi connectivity index (χ0v) is 24.1. The lowest BCUT2D eigenvalue weighted by atomic mass is 9.87. The van der Waals surface area contributed by atoms with Crippen molar-refractivity contribution in [2.45, 2.75) is 66.7 Å². The number of aryl methyl sites for hydroxylation is 2. The Balaban J connectivity index is 2.17. The van der Waals surface area contributed by atoms with E-state index in [4.69, 9.17) is 9.47 Å². The highest BCUT2D eigenvalue weighted by molar-refractivity contribution is 6.13. The number of anilines is 1. The first-order chi connectivity index (χ1) is 18.4. The number of guanidine groups is 1. The molecule has 39 heavy (non-hydrogen) atoms. The number of aliphatic hydroxyl groups is 1. The van der Waals surface area contributed by atoms with Crippen LogP contribution in [0, 0.1) is 20.8 Å². The number of aliphatic imine (C=N–C) groups is 2. The molecule has 8 heteroatoms. The van der Waals surface area contributed by atoms with Crippen molar-refractivity contribution in [3.8, 4) is 11.1 Å². The molecule has 0 amide bonds. The predicted molar refractivity (Wildman–Crippen MR) is 158 cm³/mol. The monoisotopic (exact) mass is 530 g/mol. The number of ether oxygens (including phenoxy) is 2. The molecule has 1 aliphatic heterocycles. The molecule has 0 aliphatic carbocycles. The maximum absolute atomic E-state index is 13.4. The summed E-state index contributed by atoms with van der Waals surface area (Å²) in [6.07, 6.45) is 0.382. The molecule has 8 nitrogen and oxygen atoms in total. The SMILES string of the molecule is C=N/C(=N\C=C(/C)O)N1CCn2c(C)cc3c(-c4ccc(C)cc4)c([C@H](OC(C)(C)C)C(=O)OC)c(C)c1c32. The van der Waals surface area contributed by atoms with Gasteiger partial charge in [0.25, 0.3) is 0 Å². The van der Waals surface area contributed by atoms with Gasteiger partial charge in [-0.15, -0.1) is 0 Å². The van der Waals surface area contributed by atoms with Crippen LogP contribution < -0.4 is 4.90 Å². The highest BCUT2D eigenvalue weighted by atomic mass is 16.6. The number of aromatic nitrogens is 1. The molecule has 0 bridgehead atoms. The summed E-state index contributed by atoms with van der Waals surface area (Å²) in [4.78, 5) is 24.0. The van der Waals surface area contributed by atoms with Gasteiger partial charge in [0.15, 0.2) is 6.10 Å². The molecule has 4 rings (SSSR count). The summed E-state index contributed by atoms with van der Waals surface area (Å²) in [6.45, 7) is 18.5. The van der Waals surface area contributed by atoms with Crippen molar-refractivity contribution in [3.63, 3.8) is 0 Å². The lowest BCUT2D eigenvalue weighted by Gasteiger charge is -2.35. The quantitative estimate of drug-likeness (QED) is 0.175. The Kier molecular flexibility index (Phi) is 7.70. The minimum atomic E-state index is -0.976. The van der Waals surface area contributed by atoms with Crippen LogP contribution in [0.1, 0.15) is 56.2 Å². The number of methoxy groups -OCH3 is 1. The topological polar surface area (TPSA) is 88.7 Å². The lowest BCUT2D eigenvalue weighted by molar-refractivity contribution is -0.164. The van der Waals surface area contributed by atoms with Crippen molar-refractivity contribution < 1.29 is 19.4 Å². The zero-order chi connectivity index (χ0) is 28.6. The van der Waals surface area contributed by atoms with Gasteiger partial charge in [-0.05, 0) is 77.9 Å². The van der Waals surface area contributed by atoms with Gasteiger partial charge in [-0.25, -0.2) is 14.8 Å². The normalized spacial score (nSPS) is 15.0. The molecule has 1 N–H and O–H groups in total. The molecular weight excluding hydrogens is 492 g/mol. The minimum Gasteiger partial charge on any atom is -0.511 e. The Morgan fingerprint density at radius 2 is 1.82 bits per heavy atom. The number of aliphatic hydroxyl groups excluding tert-OH is 1. The highest BCUT2D eigenvalue weighted by Crippen LogP contribution is 2.48. The highest BCUT2D eigenvalue weighted by Gasteiger charge is 2.37. The molecule has 0 saturated heterocycles. The van der Waals surface area contributed by atoms with Crippen LogP contribution in [0.3, 0.4) is 0 Å². The van der Waals surface area contributed by atoms with Gasteiger partial charge in [-0.3, -0.25) is 0 Å². The van der Waals surface area contributed by atoms with Crippen LogP contribution in [0.2, 0.25) is 0 Å². The van der Waals surface area contributed by atoms with Gasteiger partial charge < -0.3 is 24.0 Å². The number of nitrogens with zero attached hydrogens (tertiary/aromatic N) is 4. The van der Waals surface area contributed by atoms with Crippen LogP contribution >= 0.6 is 0 Å². The van der Waals surface area contributed by atoms with Crippen molar-refractivity contribution in [2.75, 3.05) is 18.6 Å². The molecule has 2 heterocycles. The van der Waals surface area contributed by atoms with E-state index in [1.165, 1.54) is 13.3 Å². The molecule has 0 radical (unpaired) electrons. The van der Waals surface area contributed by atoms with Crippen molar-refractivity contribution >= 4 is 35.2 Å². The fraction of sp³-hybridized carbons (Fsp3) is 0.387. The summed E-state index contributed by atoms with van der Waals surface area (Å²) in [5.41, 5.74) is 7.05. The third-order valence-corrected chi connectivity index (χ3v) is 6.88. The Labute approximate surface area is 230 Å². The molecular formula is C31H38N4O4. The summed E-state index contributed by atoms with van der Waals surface area (Å²) >= 11 is 0. The van der Waals surface area contributed by atoms with E-state index < -0.39 is 17.7 Å². The van der Waals surface area contributed by atoms with Crippen molar-refractivity contribution in [2.24, 2.45) is 9.98 Å². The van der Waals surface area contributed by atoms with Crippen molar-refractivity contribution in [1.82, 2.24) is 4.57 Å². The number of hydrogen-bond acceptors (Lipinski definition) is 5. The molecule has 0 fully saturated rings. The average Bonchev–Trinajstić information content (AvgIpc) is 3.21. The van der Waals surface area contributed by atoms with Crippen LogP contribution in [-0.2, 0) is 20.8 Å². The van der Waals surface area contributed by atoms with Crippen LogP contribution in [-0.4, -0.2) is 47.6 Å². The standard InChI is InChI=1S/C31H38N4O4/c1-18-10-12-22(13-11-18)25-23-16-19(2)34-14-15-35(30(32-8)33-17-20(3)36)26(27(23)34)21(4)24(25)28(29(37)38-9)39-31(5,6)7/h10-13,16-17,28,36H,8,14-15H2,1-7,9H3/b20-17+,33-30+/t28-/m0/s1. The predicted octanol–water partition coefficient (Wildman–Crippen LogP) is 6.56. The van der Waals surface area contributed by atoms with Gasteiger partial charge >= 0.3 is 5.97 Å². The number of carbonyl (C=O) groups is 1. The fourth-order valence-corrected chi connectivity index (χ4v) is 5.28. The fourth-order valence-electron chi connectivity index (χ4n) is 5.28. The molecule has 206 valence electrons. The third-order valence-electron chi connectivity index (χ3n) is 6.88. The molecule has 1 aliphatic rings. The second kappa shape index (κ2) is 10.7.